The standard InChI is InChI=1S/C8H19N3O2S/c1-6(2)10-14(12,13)11-4-7(3)8(9)5-11/h6-8,10H,4-5,9H2,1-3H3. The van der Waals surface area contributed by atoms with Crippen LogP contribution < -0.4 is 10.5 Å². The maximum atomic E-state index is 11.7. The summed E-state index contributed by atoms with van der Waals surface area (Å²) in [5, 5.41) is 0. The Morgan fingerprint density at radius 1 is 1.43 bits per heavy atom. The summed E-state index contributed by atoms with van der Waals surface area (Å²) in [7, 11) is -3.32. The van der Waals surface area contributed by atoms with Gasteiger partial charge in [-0.25, -0.2) is 0 Å². The van der Waals surface area contributed by atoms with Crippen LogP contribution in [0.15, 0.2) is 0 Å². The molecule has 2 unspecified atom stereocenters. The first-order chi connectivity index (χ1) is 6.33. The molecule has 14 heavy (non-hydrogen) atoms. The van der Waals surface area contributed by atoms with E-state index < -0.39 is 10.2 Å². The summed E-state index contributed by atoms with van der Waals surface area (Å²) < 4.78 is 27.4. The van der Waals surface area contributed by atoms with Crippen LogP contribution in [0.25, 0.3) is 0 Å². The smallest absolute Gasteiger partial charge is 0.279 e. The lowest BCUT2D eigenvalue weighted by Gasteiger charge is -2.18. The van der Waals surface area contributed by atoms with E-state index in [1.807, 2.05) is 6.92 Å². The van der Waals surface area contributed by atoms with Gasteiger partial charge in [0.2, 0.25) is 0 Å². The Bertz CT molecular complexity index is 279. The molecule has 0 amide bonds. The molecule has 6 heteroatoms. The highest BCUT2D eigenvalue weighted by molar-refractivity contribution is 7.87. The van der Waals surface area contributed by atoms with Crippen LogP contribution in [0.3, 0.4) is 0 Å². The van der Waals surface area contributed by atoms with Gasteiger partial charge in [0.05, 0.1) is 0 Å². The fraction of sp³-hybridized carbons (Fsp3) is 1.00. The van der Waals surface area contributed by atoms with Crippen molar-refractivity contribution in [3.63, 3.8) is 0 Å². The van der Waals surface area contributed by atoms with Gasteiger partial charge in [-0.3, -0.25) is 0 Å². The van der Waals surface area contributed by atoms with E-state index >= 15 is 0 Å². The third kappa shape index (κ3) is 2.66. The minimum absolute atomic E-state index is 0.0428. The van der Waals surface area contributed by atoms with Crippen LogP contribution in [0.5, 0.6) is 0 Å². The van der Waals surface area contributed by atoms with Crippen molar-refractivity contribution in [1.29, 1.82) is 0 Å². The number of nitrogens with one attached hydrogen (secondary N) is 1. The SMILES string of the molecule is CC(C)NS(=O)(=O)N1CC(C)C(N)C1. The van der Waals surface area contributed by atoms with Gasteiger partial charge in [-0.1, -0.05) is 6.92 Å². The third-order valence-corrected chi connectivity index (χ3v) is 4.11. The van der Waals surface area contributed by atoms with Crippen LogP contribution in [-0.2, 0) is 10.2 Å². The topological polar surface area (TPSA) is 75.4 Å². The van der Waals surface area contributed by atoms with Gasteiger partial charge in [0.25, 0.3) is 10.2 Å². The van der Waals surface area contributed by atoms with Crippen molar-refractivity contribution in [1.82, 2.24) is 9.03 Å². The van der Waals surface area contributed by atoms with E-state index in [9.17, 15) is 8.42 Å². The molecule has 0 aromatic carbocycles. The zero-order valence-electron chi connectivity index (χ0n) is 8.90. The fourth-order valence-electron chi connectivity index (χ4n) is 1.51. The molecule has 1 aliphatic rings. The molecule has 0 saturated carbocycles. The first-order valence-electron chi connectivity index (χ1n) is 4.86. The lowest BCUT2D eigenvalue weighted by molar-refractivity contribution is 0.447. The quantitative estimate of drug-likeness (QED) is 0.675. The normalized spacial score (nSPS) is 30.1. The van der Waals surface area contributed by atoms with Gasteiger partial charge in [-0.15, -0.1) is 0 Å². The Labute approximate surface area is 85.8 Å². The highest BCUT2D eigenvalue weighted by Crippen LogP contribution is 2.17. The summed E-state index contributed by atoms with van der Waals surface area (Å²) in [5.74, 6) is 0.235. The van der Waals surface area contributed by atoms with E-state index in [0.29, 0.717) is 13.1 Å². The first kappa shape index (κ1) is 11.9. The molecule has 5 nitrogen and oxygen atoms in total. The lowest BCUT2D eigenvalue weighted by Crippen LogP contribution is -2.43. The summed E-state index contributed by atoms with van der Waals surface area (Å²) in [6.45, 7) is 6.51. The van der Waals surface area contributed by atoms with Crippen LogP contribution in [-0.4, -0.2) is 37.9 Å². The number of nitrogens with zero attached hydrogens (tertiary/aromatic N) is 1. The second kappa shape index (κ2) is 4.14. The highest BCUT2D eigenvalue weighted by Gasteiger charge is 2.34. The Hall–Kier alpha value is -0.170. The molecule has 2 atom stereocenters. The molecule has 1 rings (SSSR count). The number of rotatable bonds is 3. The van der Waals surface area contributed by atoms with Crippen molar-refractivity contribution in [2.45, 2.75) is 32.9 Å². The van der Waals surface area contributed by atoms with Gasteiger partial charge < -0.3 is 5.73 Å². The van der Waals surface area contributed by atoms with Crippen molar-refractivity contribution in [3.05, 3.63) is 0 Å². The van der Waals surface area contributed by atoms with Crippen molar-refractivity contribution in [2.24, 2.45) is 11.7 Å². The van der Waals surface area contributed by atoms with E-state index in [2.05, 4.69) is 4.72 Å². The van der Waals surface area contributed by atoms with Crippen molar-refractivity contribution in [3.8, 4) is 0 Å². The molecule has 0 aromatic rings. The van der Waals surface area contributed by atoms with E-state index in [-0.39, 0.29) is 18.0 Å². The minimum atomic E-state index is -3.32. The molecule has 84 valence electrons. The molecule has 0 aliphatic carbocycles. The van der Waals surface area contributed by atoms with Crippen molar-refractivity contribution < 1.29 is 8.42 Å². The summed E-state index contributed by atoms with van der Waals surface area (Å²) in [4.78, 5) is 0. The molecule has 1 aliphatic heterocycles. The van der Waals surface area contributed by atoms with Gasteiger partial charge in [-0.2, -0.15) is 17.4 Å². The predicted molar refractivity (Wildman–Crippen MR) is 55.9 cm³/mol. The second-order valence-corrected chi connectivity index (χ2v) is 5.94. The molecule has 0 radical (unpaired) electrons. The Morgan fingerprint density at radius 2 is 2.00 bits per heavy atom. The van der Waals surface area contributed by atoms with E-state index in [4.69, 9.17) is 5.73 Å². The highest BCUT2D eigenvalue weighted by atomic mass is 32.2. The Kier molecular flexibility index (Phi) is 3.52. The van der Waals surface area contributed by atoms with Gasteiger partial charge in [0.15, 0.2) is 0 Å². The van der Waals surface area contributed by atoms with E-state index in [1.54, 1.807) is 13.8 Å². The van der Waals surface area contributed by atoms with Gasteiger partial charge in [-0.05, 0) is 19.8 Å². The van der Waals surface area contributed by atoms with Crippen LogP contribution in [0.2, 0.25) is 0 Å². The van der Waals surface area contributed by atoms with E-state index in [0.717, 1.165) is 0 Å². The summed E-state index contributed by atoms with van der Waals surface area (Å²) in [6, 6.07) is -0.120. The molecule has 1 heterocycles. The van der Waals surface area contributed by atoms with Crippen LogP contribution in [0.4, 0.5) is 0 Å². The zero-order chi connectivity index (χ0) is 10.9. The molecular weight excluding hydrogens is 202 g/mol. The molecule has 1 saturated heterocycles. The van der Waals surface area contributed by atoms with Crippen molar-refractivity contribution in [2.75, 3.05) is 13.1 Å². The largest absolute Gasteiger partial charge is 0.326 e. The summed E-state index contributed by atoms with van der Waals surface area (Å²) in [6.07, 6.45) is 0. The van der Waals surface area contributed by atoms with Gasteiger partial charge in [0.1, 0.15) is 0 Å². The summed E-state index contributed by atoms with van der Waals surface area (Å²) >= 11 is 0. The van der Waals surface area contributed by atoms with Crippen molar-refractivity contribution >= 4 is 10.2 Å². The molecular formula is C8H19N3O2S. The molecule has 0 aromatic heterocycles. The monoisotopic (exact) mass is 221 g/mol. The Balaban J connectivity index is 2.66. The van der Waals surface area contributed by atoms with Crippen LogP contribution in [0, 0.1) is 5.92 Å². The first-order valence-corrected chi connectivity index (χ1v) is 6.30. The number of nitrogens with two attached hydrogens (primary N) is 1. The molecule has 1 fully saturated rings. The maximum absolute atomic E-state index is 11.7. The predicted octanol–water partition coefficient (Wildman–Crippen LogP) is -0.492. The number of hydrogen-bond acceptors (Lipinski definition) is 3. The summed E-state index contributed by atoms with van der Waals surface area (Å²) in [5.41, 5.74) is 5.76. The second-order valence-electron chi connectivity index (χ2n) is 4.24. The lowest BCUT2D eigenvalue weighted by atomic mass is 10.1. The fourth-order valence-corrected chi connectivity index (χ4v) is 3.06. The maximum Gasteiger partial charge on any atom is 0.279 e. The molecule has 3 N–H and O–H groups in total. The van der Waals surface area contributed by atoms with E-state index in [1.165, 1.54) is 4.31 Å². The average molecular weight is 221 g/mol. The number of hydrogen-bond donors (Lipinski definition) is 2. The van der Waals surface area contributed by atoms with Gasteiger partial charge in [0, 0.05) is 25.2 Å². The van der Waals surface area contributed by atoms with Gasteiger partial charge >= 0.3 is 0 Å². The average Bonchev–Trinajstić information content (AvgIpc) is 2.30. The zero-order valence-corrected chi connectivity index (χ0v) is 9.71. The minimum Gasteiger partial charge on any atom is -0.326 e. The molecule has 0 bridgehead atoms. The molecule has 0 spiro atoms. The third-order valence-electron chi connectivity index (χ3n) is 2.36. The van der Waals surface area contributed by atoms with Crippen LogP contribution in [0.1, 0.15) is 20.8 Å². The Morgan fingerprint density at radius 3 is 2.36 bits per heavy atom. The van der Waals surface area contributed by atoms with Crippen LogP contribution >= 0.6 is 0 Å².